The van der Waals surface area contributed by atoms with Crippen LogP contribution >= 0.6 is 11.3 Å². The minimum atomic E-state index is 0.584. The van der Waals surface area contributed by atoms with Crippen molar-refractivity contribution in [2.75, 3.05) is 6.54 Å². The predicted molar refractivity (Wildman–Crippen MR) is 91.8 cm³/mol. The molecule has 2 saturated carbocycles. The van der Waals surface area contributed by atoms with E-state index in [2.05, 4.69) is 41.9 Å². The zero-order chi connectivity index (χ0) is 14.2. The molecule has 1 N–H and O–H groups in total. The third-order valence-corrected chi connectivity index (χ3v) is 6.55. The van der Waals surface area contributed by atoms with Crippen LogP contribution < -0.4 is 5.32 Å². The van der Waals surface area contributed by atoms with Crippen molar-refractivity contribution in [1.82, 2.24) is 5.32 Å². The number of hydrogen-bond acceptors (Lipinski definition) is 2. The van der Waals surface area contributed by atoms with Crippen molar-refractivity contribution in [3.05, 3.63) is 35.2 Å². The van der Waals surface area contributed by atoms with E-state index in [-0.39, 0.29) is 0 Å². The Kier molecular flexibility index (Phi) is 3.76. The van der Waals surface area contributed by atoms with Crippen LogP contribution in [0.5, 0.6) is 0 Å². The molecule has 2 heteroatoms. The van der Waals surface area contributed by atoms with Crippen molar-refractivity contribution in [3.63, 3.8) is 0 Å². The molecule has 3 unspecified atom stereocenters. The molecule has 1 nitrogen and oxygen atoms in total. The lowest BCUT2D eigenvalue weighted by molar-refractivity contribution is 0.448. The van der Waals surface area contributed by atoms with Gasteiger partial charge >= 0.3 is 0 Å². The summed E-state index contributed by atoms with van der Waals surface area (Å²) in [6, 6.07) is 9.72. The largest absolute Gasteiger partial charge is 0.310 e. The number of fused-ring (bicyclic) bond motifs is 2. The van der Waals surface area contributed by atoms with Crippen LogP contribution in [0.15, 0.2) is 29.6 Å². The van der Waals surface area contributed by atoms with Gasteiger partial charge in [-0.25, -0.2) is 0 Å². The van der Waals surface area contributed by atoms with E-state index in [0.29, 0.717) is 6.04 Å². The van der Waals surface area contributed by atoms with Crippen LogP contribution in [-0.4, -0.2) is 6.54 Å². The van der Waals surface area contributed by atoms with Crippen molar-refractivity contribution in [3.8, 4) is 0 Å². The minimum Gasteiger partial charge on any atom is -0.310 e. The Labute approximate surface area is 131 Å². The van der Waals surface area contributed by atoms with E-state index >= 15 is 0 Å². The van der Waals surface area contributed by atoms with Crippen LogP contribution in [0.2, 0.25) is 0 Å². The maximum absolute atomic E-state index is 3.89. The third kappa shape index (κ3) is 2.43. The van der Waals surface area contributed by atoms with Gasteiger partial charge < -0.3 is 5.32 Å². The van der Waals surface area contributed by atoms with Crippen molar-refractivity contribution >= 4 is 21.4 Å². The van der Waals surface area contributed by atoms with Gasteiger partial charge in [0.2, 0.25) is 0 Å². The lowest BCUT2D eigenvalue weighted by atomic mass is 9.98. The summed E-state index contributed by atoms with van der Waals surface area (Å²) in [6.07, 6.45) is 7.09. The normalized spacial score (nSPS) is 29.3. The number of benzene rings is 1. The third-order valence-electron chi connectivity index (χ3n) is 5.57. The molecule has 2 fully saturated rings. The molecule has 2 aliphatic rings. The van der Waals surface area contributed by atoms with Gasteiger partial charge in [-0.1, -0.05) is 38.0 Å². The Balaban J connectivity index is 1.67. The second kappa shape index (κ2) is 5.73. The summed E-state index contributed by atoms with van der Waals surface area (Å²) < 4.78 is 1.51. The highest BCUT2D eigenvalue weighted by molar-refractivity contribution is 7.17. The molecule has 2 aromatic rings. The second-order valence-corrected chi connectivity index (χ2v) is 7.72. The number of nitrogens with one attached hydrogen (secondary N) is 1. The molecule has 1 heterocycles. The van der Waals surface area contributed by atoms with E-state index in [4.69, 9.17) is 0 Å². The van der Waals surface area contributed by atoms with Gasteiger partial charge in [-0.2, -0.15) is 0 Å². The summed E-state index contributed by atoms with van der Waals surface area (Å²) in [7, 11) is 0. The Hall–Kier alpha value is -0.860. The van der Waals surface area contributed by atoms with Crippen LogP contribution in [0.25, 0.3) is 10.1 Å². The van der Waals surface area contributed by atoms with Gasteiger partial charge in [-0.3, -0.25) is 0 Å². The molecular formula is C19H25NS. The zero-order valence-corrected chi connectivity index (χ0v) is 13.7. The van der Waals surface area contributed by atoms with Crippen LogP contribution in [0, 0.1) is 17.8 Å². The molecule has 4 rings (SSSR count). The van der Waals surface area contributed by atoms with Gasteiger partial charge in [-0.05, 0) is 66.0 Å². The van der Waals surface area contributed by atoms with Crippen molar-refractivity contribution in [1.29, 1.82) is 0 Å². The second-order valence-electron chi connectivity index (χ2n) is 6.81. The fraction of sp³-hybridized carbons (Fsp3) is 0.579. The summed E-state index contributed by atoms with van der Waals surface area (Å²) >= 11 is 1.91. The first-order valence-electron chi connectivity index (χ1n) is 8.59. The van der Waals surface area contributed by atoms with Gasteiger partial charge in [-0.15, -0.1) is 11.3 Å². The van der Waals surface area contributed by atoms with E-state index in [9.17, 15) is 0 Å². The SMILES string of the molecule is CCCNC(c1cccc2ccsc12)C1C2CCCCC21. The summed E-state index contributed by atoms with van der Waals surface area (Å²) in [6.45, 7) is 3.41. The summed E-state index contributed by atoms with van der Waals surface area (Å²) in [5, 5.41) is 7.55. The molecule has 3 atom stereocenters. The van der Waals surface area contributed by atoms with E-state index in [1.807, 2.05) is 11.3 Å². The molecule has 0 aliphatic heterocycles. The highest BCUT2D eigenvalue weighted by atomic mass is 32.1. The highest BCUT2D eigenvalue weighted by Crippen LogP contribution is 2.60. The molecule has 0 bridgehead atoms. The fourth-order valence-electron chi connectivity index (χ4n) is 4.56. The zero-order valence-electron chi connectivity index (χ0n) is 12.8. The number of hydrogen-bond donors (Lipinski definition) is 1. The van der Waals surface area contributed by atoms with E-state index in [1.54, 1.807) is 5.56 Å². The molecule has 0 spiro atoms. The Morgan fingerprint density at radius 1 is 1.19 bits per heavy atom. The standard InChI is InChI=1S/C19H25NS/c1-2-11-20-18(17-14-7-3-4-8-15(14)17)16-9-5-6-13-10-12-21-19(13)16/h5-6,9-10,12,14-15,17-18,20H,2-4,7-8,11H2,1H3. The lowest BCUT2D eigenvalue weighted by Gasteiger charge is -2.20. The Bertz CT molecular complexity index is 605. The highest BCUT2D eigenvalue weighted by Gasteiger charge is 2.54. The molecule has 1 aromatic carbocycles. The average molecular weight is 299 g/mol. The predicted octanol–water partition coefficient (Wildman–Crippen LogP) is 5.38. The molecule has 0 saturated heterocycles. The molecule has 0 amide bonds. The molecule has 1 aromatic heterocycles. The monoisotopic (exact) mass is 299 g/mol. The van der Waals surface area contributed by atoms with Crippen LogP contribution in [0.1, 0.15) is 50.6 Å². The molecule has 2 aliphatic carbocycles. The van der Waals surface area contributed by atoms with Gasteiger partial charge in [0.1, 0.15) is 0 Å². The van der Waals surface area contributed by atoms with E-state index < -0.39 is 0 Å². The van der Waals surface area contributed by atoms with Crippen LogP contribution in [-0.2, 0) is 0 Å². The van der Waals surface area contributed by atoms with Crippen molar-refractivity contribution < 1.29 is 0 Å². The minimum absolute atomic E-state index is 0.584. The fourth-order valence-corrected chi connectivity index (χ4v) is 5.51. The smallest absolute Gasteiger partial charge is 0.0390 e. The Morgan fingerprint density at radius 3 is 2.76 bits per heavy atom. The first kappa shape index (κ1) is 13.8. The van der Waals surface area contributed by atoms with E-state index in [0.717, 1.165) is 24.3 Å². The molecule has 0 radical (unpaired) electrons. The number of thiophene rings is 1. The quantitative estimate of drug-likeness (QED) is 0.781. The molecular weight excluding hydrogens is 274 g/mol. The van der Waals surface area contributed by atoms with Crippen molar-refractivity contribution in [2.24, 2.45) is 17.8 Å². The van der Waals surface area contributed by atoms with Crippen LogP contribution in [0.4, 0.5) is 0 Å². The lowest BCUT2D eigenvalue weighted by Crippen LogP contribution is -2.25. The maximum Gasteiger partial charge on any atom is 0.0390 e. The van der Waals surface area contributed by atoms with E-state index in [1.165, 1.54) is 42.2 Å². The van der Waals surface area contributed by atoms with Gasteiger partial charge in [0.25, 0.3) is 0 Å². The summed E-state index contributed by atoms with van der Waals surface area (Å²) in [4.78, 5) is 0. The number of rotatable bonds is 5. The Morgan fingerprint density at radius 2 is 2.00 bits per heavy atom. The van der Waals surface area contributed by atoms with Gasteiger partial charge in [0, 0.05) is 10.7 Å². The van der Waals surface area contributed by atoms with Gasteiger partial charge in [0.15, 0.2) is 0 Å². The molecule has 21 heavy (non-hydrogen) atoms. The first-order valence-corrected chi connectivity index (χ1v) is 9.47. The first-order chi connectivity index (χ1) is 10.4. The van der Waals surface area contributed by atoms with Crippen molar-refractivity contribution in [2.45, 2.75) is 45.1 Å². The maximum atomic E-state index is 3.89. The van der Waals surface area contributed by atoms with Gasteiger partial charge in [0.05, 0.1) is 0 Å². The summed E-state index contributed by atoms with van der Waals surface area (Å²) in [5.41, 5.74) is 1.57. The van der Waals surface area contributed by atoms with Crippen LogP contribution in [0.3, 0.4) is 0 Å². The summed E-state index contributed by atoms with van der Waals surface area (Å²) in [5.74, 6) is 2.90. The average Bonchev–Trinajstić information content (AvgIpc) is 3.03. The topological polar surface area (TPSA) is 12.0 Å². The molecule has 112 valence electrons.